The maximum absolute atomic E-state index is 10.8. The molecule has 2 heterocycles. The first-order valence-electron chi connectivity index (χ1n) is 4.99. The number of aromatic nitrogens is 3. The summed E-state index contributed by atoms with van der Waals surface area (Å²) in [6, 6.07) is 1.71. The number of nitrogens with two attached hydrogens (primary N) is 1. The second-order valence-electron chi connectivity index (χ2n) is 3.50. The van der Waals surface area contributed by atoms with Gasteiger partial charge in [0.05, 0.1) is 17.2 Å². The molecule has 0 atom stereocenters. The van der Waals surface area contributed by atoms with Crippen LogP contribution >= 0.6 is 0 Å². The summed E-state index contributed by atoms with van der Waals surface area (Å²) in [5, 5.41) is 17.3. The Balaban J connectivity index is 2.19. The van der Waals surface area contributed by atoms with Crippen molar-refractivity contribution in [2.75, 3.05) is 11.1 Å². The maximum Gasteiger partial charge on any atom is 0.352 e. The third kappa shape index (κ3) is 2.34. The number of nitro groups is 1. The maximum atomic E-state index is 10.8. The molecule has 0 unspecified atom stereocenters. The number of hydrogen-bond donors (Lipinski definition) is 2. The van der Waals surface area contributed by atoms with Gasteiger partial charge in [0.2, 0.25) is 11.6 Å². The Kier molecular flexibility index (Phi) is 3.04. The zero-order chi connectivity index (χ0) is 13.1. The van der Waals surface area contributed by atoms with E-state index in [1.165, 1.54) is 0 Å². The summed E-state index contributed by atoms with van der Waals surface area (Å²) in [5.74, 6) is 0.395. The monoisotopic (exact) mass is 250 g/mol. The fourth-order valence-electron chi connectivity index (χ4n) is 1.37. The normalized spacial score (nSPS) is 10.3. The SMILES string of the molecule is Cc1cc(CNc2ncnc(N)c2[N+](=O)[O-])on1. The molecular weight excluding hydrogens is 240 g/mol. The van der Waals surface area contributed by atoms with Crippen LogP contribution in [-0.2, 0) is 6.54 Å². The van der Waals surface area contributed by atoms with Gasteiger partial charge in [0, 0.05) is 6.07 Å². The lowest BCUT2D eigenvalue weighted by molar-refractivity contribution is -0.383. The molecule has 0 radical (unpaired) electrons. The van der Waals surface area contributed by atoms with Crippen molar-refractivity contribution in [1.82, 2.24) is 15.1 Å². The minimum atomic E-state index is -0.636. The fraction of sp³-hybridized carbons (Fsp3) is 0.222. The molecule has 0 aliphatic rings. The van der Waals surface area contributed by atoms with Gasteiger partial charge in [-0.15, -0.1) is 0 Å². The van der Waals surface area contributed by atoms with Gasteiger partial charge in [0.1, 0.15) is 6.33 Å². The number of aryl methyl sites for hydroxylation is 1. The van der Waals surface area contributed by atoms with Crippen molar-refractivity contribution in [2.24, 2.45) is 0 Å². The highest BCUT2D eigenvalue weighted by Crippen LogP contribution is 2.26. The molecule has 0 bridgehead atoms. The number of rotatable bonds is 4. The molecule has 0 aliphatic carbocycles. The smallest absolute Gasteiger partial charge is 0.352 e. The molecule has 0 spiro atoms. The summed E-state index contributed by atoms with van der Waals surface area (Å²) >= 11 is 0. The van der Waals surface area contributed by atoms with Crippen LogP contribution in [0.2, 0.25) is 0 Å². The van der Waals surface area contributed by atoms with E-state index < -0.39 is 4.92 Å². The Morgan fingerprint density at radius 1 is 1.56 bits per heavy atom. The number of nitrogens with zero attached hydrogens (tertiary/aromatic N) is 4. The van der Waals surface area contributed by atoms with Crippen LogP contribution < -0.4 is 11.1 Å². The molecule has 2 aromatic heterocycles. The average Bonchev–Trinajstić information content (AvgIpc) is 2.72. The molecule has 0 amide bonds. The van der Waals surface area contributed by atoms with Crippen molar-refractivity contribution in [3.8, 4) is 0 Å². The van der Waals surface area contributed by atoms with Gasteiger partial charge in [-0.05, 0) is 6.92 Å². The molecule has 0 saturated heterocycles. The highest BCUT2D eigenvalue weighted by Gasteiger charge is 2.20. The van der Waals surface area contributed by atoms with E-state index in [0.29, 0.717) is 5.76 Å². The predicted octanol–water partition coefficient (Wildman–Crippen LogP) is 0.876. The lowest BCUT2D eigenvalue weighted by Gasteiger charge is -2.04. The quantitative estimate of drug-likeness (QED) is 0.603. The fourth-order valence-corrected chi connectivity index (χ4v) is 1.37. The molecule has 3 N–H and O–H groups in total. The average molecular weight is 250 g/mol. The van der Waals surface area contributed by atoms with Crippen LogP contribution in [0.25, 0.3) is 0 Å². The Morgan fingerprint density at radius 3 is 2.94 bits per heavy atom. The second-order valence-corrected chi connectivity index (χ2v) is 3.50. The van der Waals surface area contributed by atoms with Crippen LogP contribution in [0.4, 0.5) is 17.3 Å². The lowest BCUT2D eigenvalue weighted by atomic mass is 10.3. The van der Waals surface area contributed by atoms with E-state index in [9.17, 15) is 10.1 Å². The number of nitrogen functional groups attached to an aromatic ring is 1. The van der Waals surface area contributed by atoms with E-state index >= 15 is 0 Å². The van der Waals surface area contributed by atoms with Crippen molar-refractivity contribution >= 4 is 17.3 Å². The summed E-state index contributed by atoms with van der Waals surface area (Å²) in [7, 11) is 0. The summed E-state index contributed by atoms with van der Waals surface area (Å²) in [5.41, 5.74) is 5.80. The summed E-state index contributed by atoms with van der Waals surface area (Å²) < 4.78 is 4.96. The Labute approximate surface area is 101 Å². The Bertz CT molecular complexity index is 581. The van der Waals surface area contributed by atoms with Crippen molar-refractivity contribution < 1.29 is 9.45 Å². The second kappa shape index (κ2) is 4.65. The zero-order valence-electron chi connectivity index (χ0n) is 9.45. The van der Waals surface area contributed by atoms with Crippen molar-refractivity contribution in [2.45, 2.75) is 13.5 Å². The molecule has 94 valence electrons. The van der Waals surface area contributed by atoms with Crippen LogP contribution in [0.15, 0.2) is 16.9 Å². The molecule has 9 nitrogen and oxygen atoms in total. The van der Waals surface area contributed by atoms with Crippen molar-refractivity contribution in [3.63, 3.8) is 0 Å². The highest BCUT2D eigenvalue weighted by molar-refractivity contribution is 5.67. The minimum absolute atomic E-state index is 0.0431. The first-order valence-corrected chi connectivity index (χ1v) is 4.99. The van der Waals surface area contributed by atoms with Crippen LogP contribution in [-0.4, -0.2) is 20.0 Å². The van der Waals surface area contributed by atoms with Gasteiger partial charge < -0.3 is 15.6 Å². The molecular formula is C9H10N6O3. The molecule has 9 heteroatoms. The molecule has 0 aliphatic heterocycles. The standard InChI is InChI=1S/C9H10N6O3/c1-5-2-6(18-14-5)3-11-9-7(15(16)17)8(10)12-4-13-9/h2,4H,3H2,1H3,(H3,10,11,12,13). The largest absolute Gasteiger partial charge is 0.378 e. The van der Waals surface area contributed by atoms with Crippen LogP contribution in [0.1, 0.15) is 11.5 Å². The van der Waals surface area contributed by atoms with Crippen LogP contribution in [0, 0.1) is 17.0 Å². The van der Waals surface area contributed by atoms with Gasteiger partial charge in [-0.1, -0.05) is 5.16 Å². The van der Waals surface area contributed by atoms with Crippen LogP contribution in [0.3, 0.4) is 0 Å². The molecule has 18 heavy (non-hydrogen) atoms. The summed E-state index contributed by atoms with van der Waals surface area (Å²) in [6.07, 6.45) is 1.15. The van der Waals surface area contributed by atoms with E-state index in [-0.39, 0.29) is 23.9 Å². The van der Waals surface area contributed by atoms with Crippen LogP contribution in [0.5, 0.6) is 0 Å². The number of hydrogen-bond acceptors (Lipinski definition) is 8. The molecule has 2 rings (SSSR count). The Morgan fingerprint density at radius 2 is 2.33 bits per heavy atom. The molecule has 2 aromatic rings. The minimum Gasteiger partial charge on any atom is -0.378 e. The topological polar surface area (TPSA) is 133 Å². The predicted molar refractivity (Wildman–Crippen MR) is 61.7 cm³/mol. The van der Waals surface area contributed by atoms with Crippen molar-refractivity contribution in [3.05, 3.63) is 34.0 Å². The molecule has 0 saturated carbocycles. The van der Waals surface area contributed by atoms with Gasteiger partial charge in [0.25, 0.3) is 0 Å². The highest BCUT2D eigenvalue weighted by atomic mass is 16.6. The summed E-state index contributed by atoms with van der Waals surface area (Å²) in [4.78, 5) is 17.5. The van der Waals surface area contributed by atoms with Gasteiger partial charge >= 0.3 is 5.69 Å². The summed E-state index contributed by atoms with van der Waals surface area (Å²) in [6.45, 7) is 2.00. The van der Waals surface area contributed by atoms with Gasteiger partial charge in [0.15, 0.2) is 5.76 Å². The van der Waals surface area contributed by atoms with Gasteiger partial charge in [-0.2, -0.15) is 0 Å². The van der Waals surface area contributed by atoms with Gasteiger partial charge in [-0.25, -0.2) is 9.97 Å². The van der Waals surface area contributed by atoms with Crippen molar-refractivity contribution in [1.29, 1.82) is 0 Å². The van der Waals surface area contributed by atoms with E-state index in [1.54, 1.807) is 13.0 Å². The van der Waals surface area contributed by atoms with Gasteiger partial charge in [-0.3, -0.25) is 10.1 Å². The van der Waals surface area contributed by atoms with E-state index in [2.05, 4.69) is 20.4 Å². The lowest BCUT2D eigenvalue weighted by Crippen LogP contribution is -2.07. The molecule has 0 aromatic carbocycles. The number of nitrogens with one attached hydrogen (secondary N) is 1. The third-order valence-electron chi connectivity index (χ3n) is 2.14. The first-order chi connectivity index (χ1) is 8.58. The van der Waals surface area contributed by atoms with E-state index in [0.717, 1.165) is 12.0 Å². The Hall–Kier alpha value is -2.71. The van der Waals surface area contributed by atoms with E-state index in [4.69, 9.17) is 10.3 Å². The van der Waals surface area contributed by atoms with E-state index in [1.807, 2.05) is 0 Å². The number of anilines is 2. The zero-order valence-corrected chi connectivity index (χ0v) is 9.45. The first kappa shape index (κ1) is 11.8. The third-order valence-corrected chi connectivity index (χ3v) is 2.14. The molecule has 0 fully saturated rings.